The molecule has 1 N–H and O–H groups in total. The summed E-state index contributed by atoms with van der Waals surface area (Å²) in [7, 11) is 0. The number of rotatable bonds is 2. The Morgan fingerprint density at radius 2 is 1.96 bits per heavy atom. The van der Waals surface area contributed by atoms with Crippen molar-refractivity contribution in [1.29, 1.82) is 0 Å². The first-order valence-corrected chi connectivity index (χ1v) is 8.45. The summed E-state index contributed by atoms with van der Waals surface area (Å²) in [6.07, 6.45) is 3.76. The number of fused-ring (bicyclic) bond motifs is 1. The van der Waals surface area contributed by atoms with Gasteiger partial charge in [-0.25, -0.2) is 4.98 Å². The van der Waals surface area contributed by atoms with Crippen LogP contribution >= 0.6 is 23.8 Å². The van der Waals surface area contributed by atoms with Gasteiger partial charge in [-0.15, -0.1) is 0 Å². The van der Waals surface area contributed by atoms with Crippen molar-refractivity contribution < 1.29 is 0 Å². The van der Waals surface area contributed by atoms with Crippen LogP contribution in [0, 0.1) is 4.64 Å². The van der Waals surface area contributed by atoms with Crippen LogP contribution in [0.3, 0.4) is 0 Å². The number of hydrogen-bond donors (Lipinski definition) is 1. The molecule has 0 unspecified atom stereocenters. The van der Waals surface area contributed by atoms with Crippen LogP contribution in [0.1, 0.15) is 12.8 Å². The first kappa shape index (κ1) is 15.3. The average Bonchev–Trinajstić information content (AvgIpc) is 3.10. The van der Waals surface area contributed by atoms with Crippen LogP contribution in [0.25, 0.3) is 16.7 Å². The zero-order valence-electron chi connectivity index (χ0n) is 12.7. The maximum absolute atomic E-state index is 12.6. The molecule has 8 heteroatoms. The molecular formula is C16H14ClN5OS. The van der Waals surface area contributed by atoms with Gasteiger partial charge < -0.3 is 4.90 Å². The van der Waals surface area contributed by atoms with E-state index in [2.05, 4.69) is 19.9 Å². The van der Waals surface area contributed by atoms with Crippen molar-refractivity contribution in [3.8, 4) is 5.69 Å². The Labute approximate surface area is 147 Å². The Bertz CT molecular complexity index is 1040. The fraction of sp³-hybridized carbons (Fsp3) is 0.250. The van der Waals surface area contributed by atoms with E-state index in [1.165, 1.54) is 0 Å². The zero-order chi connectivity index (χ0) is 16.7. The topological polar surface area (TPSA) is 66.8 Å². The van der Waals surface area contributed by atoms with E-state index in [1.807, 2.05) is 18.2 Å². The van der Waals surface area contributed by atoms with Gasteiger partial charge in [-0.2, -0.15) is 4.98 Å². The molecule has 0 amide bonds. The molecule has 0 radical (unpaired) electrons. The van der Waals surface area contributed by atoms with Gasteiger partial charge in [-0.1, -0.05) is 36.0 Å². The van der Waals surface area contributed by atoms with Crippen molar-refractivity contribution in [3.05, 3.63) is 50.6 Å². The predicted molar refractivity (Wildman–Crippen MR) is 96.8 cm³/mol. The molecular weight excluding hydrogens is 346 g/mol. The molecule has 3 heterocycles. The van der Waals surface area contributed by atoms with Crippen LogP contribution in [0.15, 0.2) is 35.4 Å². The fourth-order valence-corrected chi connectivity index (χ4v) is 3.47. The maximum Gasteiger partial charge on any atom is 0.264 e. The van der Waals surface area contributed by atoms with E-state index >= 15 is 0 Å². The summed E-state index contributed by atoms with van der Waals surface area (Å²) < 4.78 is 1.97. The summed E-state index contributed by atoms with van der Waals surface area (Å²) in [5, 5.41) is 0.836. The van der Waals surface area contributed by atoms with Gasteiger partial charge in [-0.05, 0) is 25.0 Å². The van der Waals surface area contributed by atoms with Crippen LogP contribution < -0.4 is 10.5 Å². The molecule has 1 aliphatic rings. The summed E-state index contributed by atoms with van der Waals surface area (Å²) >= 11 is 11.7. The second kappa shape index (κ2) is 5.99. The van der Waals surface area contributed by atoms with Crippen LogP contribution in [0.2, 0.25) is 5.02 Å². The maximum atomic E-state index is 12.6. The predicted octanol–water partition coefficient (Wildman–Crippen LogP) is 3.09. The number of nitrogens with zero attached hydrogens (tertiary/aromatic N) is 4. The van der Waals surface area contributed by atoms with Crippen molar-refractivity contribution in [2.24, 2.45) is 0 Å². The molecule has 1 fully saturated rings. The van der Waals surface area contributed by atoms with Gasteiger partial charge in [0.2, 0.25) is 5.95 Å². The molecule has 0 saturated carbocycles. The molecule has 1 aliphatic heterocycles. The smallest absolute Gasteiger partial charge is 0.264 e. The Morgan fingerprint density at radius 3 is 2.71 bits per heavy atom. The number of aromatic amines is 1. The van der Waals surface area contributed by atoms with Crippen LogP contribution in [0.5, 0.6) is 0 Å². The molecule has 0 bridgehead atoms. The number of halogens is 1. The average molecular weight is 360 g/mol. The number of hydrogen-bond acceptors (Lipinski definition) is 5. The molecule has 4 rings (SSSR count). The SMILES string of the molecule is O=c1[nH]c(N2CCCC2)nc2ncn(-c3ccccc3Cl)c(=S)c12. The Balaban J connectivity index is 1.93. The third-order valence-corrected chi connectivity index (χ3v) is 4.85. The van der Waals surface area contributed by atoms with E-state index in [1.54, 1.807) is 17.0 Å². The highest BCUT2D eigenvalue weighted by atomic mass is 35.5. The molecule has 122 valence electrons. The van der Waals surface area contributed by atoms with E-state index in [9.17, 15) is 4.79 Å². The van der Waals surface area contributed by atoms with Crippen LogP contribution in [-0.4, -0.2) is 32.6 Å². The first-order chi connectivity index (χ1) is 11.6. The van der Waals surface area contributed by atoms with Crippen molar-refractivity contribution in [1.82, 2.24) is 19.5 Å². The van der Waals surface area contributed by atoms with Gasteiger partial charge in [0.15, 0.2) is 5.65 Å². The number of nitrogens with one attached hydrogen (secondary N) is 1. The van der Waals surface area contributed by atoms with Gasteiger partial charge in [-0.3, -0.25) is 14.3 Å². The third kappa shape index (κ3) is 2.50. The van der Waals surface area contributed by atoms with E-state index in [-0.39, 0.29) is 5.56 Å². The second-order valence-electron chi connectivity index (χ2n) is 5.65. The van der Waals surface area contributed by atoms with Gasteiger partial charge >= 0.3 is 0 Å². The molecule has 1 aromatic carbocycles. The monoisotopic (exact) mass is 359 g/mol. The van der Waals surface area contributed by atoms with Crippen molar-refractivity contribution in [2.45, 2.75) is 12.8 Å². The van der Waals surface area contributed by atoms with Gasteiger partial charge in [0.1, 0.15) is 16.4 Å². The number of para-hydroxylation sites is 1. The summed E-state index contributed by atoms with van der Waals surface area (Å²) in [4.78, 5) is 26.3. The lowest BCUT2D eigenvalue weighted by atomic mass is 10.3. The molecule has 2 aromatic heterocycles. The van der Waals surface area contributed by atoms with Gasteiger partial charge in [0.05, 0.1) is 10.7 Å². The summed E-state index contributed by atoms with van der Waals surface area (Å²) in [6, 6.07) is 7.28. The largest absolute Gasteiger partial charge is 0.342 e. The molecule has 0 atom stereocenters. The van der Waals surface area contributed by atoms with Gasteiger partial charge in [0, 0.05) is 13.1 Å². The summed E-state index contributed by atoms with van der Waals surface area (Å²) in [5.41, 5.74) is 0.761. The summed E-state index contributed by atoms with van der Waals surface area (Å²) in [5.74, 6) is 0.558. The minimum absolute atomic E-state index is 0.277. The lowest BCUT2D eigenvalue weighted by molar-refractivity contribution is 0.890. The highest BCUT2D eigenvalue weighted by molar-refractivity contribution is 7.71. The normalized spacial score (nSPS) is 14.5. The van der Waals surface area contributed by atoms with E-state index in [0.717, 1.165) is 25.9 Å². The zero-order valence-corrected chi connectivity index (χ0v) is 14.3. The van der Waals surface area contributed by atoms with E-state index in [4.69, 9.17) is 23.8 Å². The van der Waals surface area contributed by atoms with E-state index < -0.39 is 0 Å². The Morgan fingerprint density at radius 1 is 1.21 bits per heavy atom. The van der Waals surface area contributed by atoms with Gasteiger partial charge in [0.25, 0.3) is 5.56 Å². The lowest BCUT2D eigenvalue weighted by Gasteiger charge is -2.16. The molecule has 1 saturated heterocycles. The first-order valence-electron chi connectivity index (χ1n) is 7.67. The van der Waals surface area contributed by atoms with Crippen LogP contribution in [0.4, 0.5) is 5.95 Å². The Kier molecular flexibility index (Phi) is 3.82. The minimum atomic E-state index is -0.277. The van der Waals surface area contributed by atoms with E-state index in [0.29, 0.717) is 32.3 Å². The standard InChI is InChI=1S/C16H14ClN5OS/c17-10-5-1-2-6-11(10)22-9-18-13-12(15(22)24)14(23)20-16(19-13)21-7-3-4-8-21/h1-2,5-6,9H,3-4,7-8H2,(H,19,20,23). The van der Waals surface area contributed by atoms with Crippen molar-refractivity contribution in [2.75, 3.05) is 18.0 Å². The number of benzene rings is 1. The highest BCUT2D eigenvalue weighted by Crippen LogP contribution is 2.22. The lowest BCUT2D eigenvalue weighted by Crippen LogP contribution is -2.24. The van der Waals surface area contributed by atoms with Crippen molar-refractivity contribution >= 4 is 40.8 Å². The number of anilines is 1. The molecule has 6 nitrogen and oxygen atoms in total. The second-order valence-corrected chi connectivity index (χ2v) is 6.45. The number of H-pyrrole nitrogens is 1. The highest BCUT2D eigenvalue weighted by Gasteiger charge is 2.17. The molecule has 3 aromatic rings. The molecule has 0 aliphatic carbocycles. The quantitative estimate of drug-likeness (QED) is 0.712. The fourth-order valence-electron chi connectivity index (χ4n) is 2.92. The van der Waals surface area contributed by atoms with Crippen molar-refractivity contribution in [3.63, 3.8) is 0 Å². The molecule has 24 heavy (non-hydrogen) atoms. The third-order valence-electron chi connectivity index (χ3n) is 4.13. The summed E-state index contributed by atoms with van der Waals surface area (Å²) in [6.45, 7) is 1.78. The van der Waals surface area contributed by atoms with Crippen LogP contribution in [-0.2, 0) is 0 Å². The Hall–Kier alpha value is -2.25. The molecule has 0 spiro atoms. The minimum Gasteiger partial charge on any atom is -0.342 e. The number of aromatic nitrogens is 4.